The number of esters is 1. The fourth-order valence-corrected chi connectivity index (χ4v) is 0.605. The second-order valence-corrected chi connectivity index (χ2v) is 1.79. The van der Waals surface area contributed by atoms with E-state index >= 15 is 0 Å². The summed E-state index contributed by atoms with van der Waals surface area (Å²) >= 11 is 0. The molecule has 3 nitrogen and oxygen atoms in total. The van der Waals surface area contributed by atoms with Crippen LogP contribution in [0.3, 0.4) is 0 Å². The van der Waals surface area contributed by atoms with Crippen LogP contribution in [0.4, 0.5) is 0 Å². The van der Waals surface area contributed by atoms with Crippen LogP contribution < -0.4 is 0 Å². The maximum Gasteiger partial charge on any atom is 0.341 e. The Kier molecular flexibility index (Phi) is 1.22. The third-order valence-corrected chi connectivity index (χ3v) is 1.13. The van der Waals surface area contributed by atoms with Crippen molar-refractivity contribution in [2.75, 3.05) is 7.11 Å². The van der Waals surface area contributed by atoms with Crippen LogP contribution in [0.1, 0.15) is 14.5 Å². The molecule has 0 bridgehead atoms. The van der Waals surface area contributed by atoms with E-state index in [4.69, 9.17) is 4.11 Å². The number of aromatic hydroxyl groups is 1. The number of para-hydroxylation sites is 1. The Bertz CT molecular complexity index is 390. The van der Waals surface area contributed by atoms with Gasteiger partial charge in [-0.25, -0.2) is 4.79 Å². The Hall–Kier alpha value is -1.51. The minimum Gasteiger partial charge on any atom is -0.507 e. The molecule has 0 fully saturated rings. The van der Waals surface area contributed by atoms with E-state index in [-0.39, 0.29) is 11.6 Å². The predicted octanol–water partition coefficient (Wildman–Crippen LogP) is 1.18. The maximum absolute atomic E-state index is 11.0. The van der Waals surface area contributed by atoms with Crippen LogP contribution in [-0.4, -0.2) is 18.2 Å². The van der Waals surface area contributed by atoms with Gasteiger partial charge in [-0.1, -0.05) is 12.1 Å². The number of phenols is 1. The van der Waals surface area contributed by atoms with Crippen LogP contribution >= 0.6 is 0 Å². The van der Waals surface area contributed by atoms with Gasteiger partial charge in [0.1, 0.15) is 11.3 Å². The third kappa shape index (κ3) is 1.49. The molecule has 0 atom stereocenters. The third-order valence-electron chi connectivity index (χ3n) is 1.13. The van der Waals surface area contributed by atoms with Gasteiger partial charge in [0.2, 0.25) is 0 Å². The lowest BCUT2D eigenvalue weighted by atomic mass is 10.2. The van der Waals surface area contributed by atoms with Gasteiger partial charge in [0.05, 0.1) is 11.2 Å². The average molecular weight is 155 g/mol. The zero-order valence-electron chi connectivity index (χ0n) is 8.84. The summed E-state index contributed by atoms with van der Waals surface area (Å²) in [7, 11) is 1.13. The molecule has 0 radical (unpaired) electrons. The van der Waals surface area contributed by atoms with Crippen LogP contribution in [0.25, 0.3) is 0 Å². The van der Waals surface area contributed by atoms with Crippen LogP contribution in [0.2, 0.25) is 0 Å². The van der Waals surface area contributed by atoms with Gasteiger partial charge >= 0.3 is 5.97 Å². The van der Waals surface area contributed by atoms with Crippen molar-refractivity contribution in [3.05, 3.63) is 29.8 Å². The molecule has 0 heterocycles. The fourth-order valence-electron chi connectivity index (χ4n) is 0.605. The van der Waals surface area contributed by atoms with Gasteiger partial charge in [-0.15, -0.1) is 0 Å². The summed E-state index contributed by atoms with van der Waals surface area (Å²) in [6.07, 6.45) is 0. The van der Waals surface area contributed by atoms with Crippen LogP contribution in [0.15, 0.2) is 24.2 Å². The molecule has 0 aliphatic carbocycles. The average Bonchev–Trinajstić information content (AvgIpc) is 2.19. The molecule has 0 saturated heterocycles. The molecule has 0 aliphatic rings. The highest BCUT2D eigenvalue weighted by Gasteiger charge is 2.08. The Labute approximate surface area is 68.4 Å². The van der Waals surface area contributed by atoms with Crippen molar-refractivity contribution in [2.24, 2.45) is 0 Å². The molecular weight excluding hydrogens is 144 g/mol. The Morgan fingerprint density at radius 3 is 3.09 bits per heavy atom. The van der Waals surface area contributed by atoms with Crippen molar-refractivity contribution in [2.45, 2.75) is 0 Å². The predicted molar refractivity (Wildman–Crippen MR) is 39.4 cm³/mol. The van der Waals surface area contributed by atoms with Crippen molar-refractivity contribution in [3.63, 3.8) is 0 Å². The van der Waals surface area contributed by atoms with Crippen molar-refractivity contribution >= 4 is 5.97 Å². The largest absolute Gasteiger partial charge is 0.507 e. The minimum atomic E-state index is -0.829. The second-order valence-electron chi connectivity index (χ2n) is 1.79. The Morgan fingerprint density at radius 2 is 2.45 bits per heavy atom. The number of ether oxygens (including phenoxy) is 1. The standard InChI is InChI=1S/C8H8O3/c1-11-8(10)6-4-2-3-5-7(6)9/h2-5,9H,1H3/i2D,3D,5D. The molecule has 11 heavy (non-hydrogen) atoms. The van der Waals surface area contributed by atoms with E-state index in [1.54, 1.807) is 0 Å². The summed E-state index contributed by atoms with van der Waals surface area (Å²) in [5, 5.41) is 9.31. The summed E-state index contributed by atoms with van der Waals surface area (Å²) in [5.41, 5.74) is -0.265. The summed E-state index contributed by atoms with van der Waals surface area (Å²) in [6, 6.07) is -0.261. The van der Waals surface area contributed by atoms with Crippen molar-refractivity contribution in [1.29, 1.82) is 0 Å². The molecule has 1 aromatic rings. The van der Waals surface area contributed by atoms with Gasteiger partial charge in [0.25, 0.3) is 0 Å². The normalized spacial score (nSPS) is 13.0. The molecule has 0 aromatic heterocycles. The molecule has 1 N–H and O–H groups in total. The SMILES string of the molecule is [2H]c1cc(C(=O)OC)c(O)c([2H])c1[2H]. The van der Waals surface area contributed by atoms with E-state index in [1.165, 1.54) is 0 Å². The van der Waals surface area contributed by atoms with Crippen LogP contribution in [0.5, 0.6) is 5.75 Å². The number of carbonyl (C=O) groups is 1. The molecule has 0 amide bonds. The number of rotatable bonds is 1. The maximum atomic E-state index is 11.0. The second kappa shape index (κ2) is 3.05. The number of phenolic OH excluding ortho intramolecular Hbond substituents is 1. The van der Waals surface area contributed by atoms with Gasteiger partial charge in [-0.3, -0.25) is 0 Å². The van der Waals surface area contributed by atoms with E-state index in [2.05, 4.69) is 4.74 Å². The first-order valence-electron chi connectivity index (χ1n) is 4.37. The van der Waals surface area contributed by atoms with Gasteiger partial charge < -0.3 is 9.84 Å². The quantitative estimate of drug-likeness (QED) is 0.619. The number of benzene rings is 1. The molecule has 0 saturated carbocycles. The van der Waals surface area contributed by atoms with Crippen molar-refractivity contribution in [1.82, 2.24) is 0 Å². The number of methoxy groups -OCH3 is 1. The zero-order chi connectivity index (χ0) is 10.9. The minimum absolute atomic E-state index is 0.265. The number of hydrogen-bond acceptors (Lipinski definition) is 3. The molecule has 0 aliphatic heterocycles. The summed E-state index contributed by atoms with van der Waals surface area (Å²) < 4.78 is 26.0. The zero-order valence-corrected chi connectivity index (χ0v) is 5.84. The van der Waals surface area contributed by atoms with E-state index in [0.717, 1.165) is 13.2 Å². The highest BCUT2D eigenvalue weighted by Crippen LogP contribution is 2.15. The molecule has 58 valence electrons. The molecule has 1 rings (SSSR count). The first kappa shape index (κ1) is 4.38. The van der Waals surface area contributed by atoms with Crippen molar-refractivity contribution in [3.8, 4) is 5.75 Å². The summed E-state index contributed by atoms with van der Waals surface area (Å²) in [4.78, 5) is 11.0. The Balaban J connectivity index is 3.40. The smallest absolute Gasteiger partial charge is 0.341 e. The molecular formula is C8H8O3. The van der Waals surface area contributed by atoms with Gasteiger partial charge in [-0.2, -0.15) is 0 Å². The molecule has 0 unspecified atom stereocenters. The topological polar surface area (TPSA) is 46.5 Å². The lowest BCUT2D eigenvalue weighted by Gasteiger charge is -1.99. The van der Waals surface area contributed by atoms with Gasteiger partial charge in [0, 0.05) is 0 Å². The number of carbonyl (C=O) groups excluding carboxylic acids is 1. The number of hydrogen-bond donors (Lipinski definition) is 1. The highest BCUT2D eigenvalue weighted by molar-refractivity contribution is 5.92. The first-order chi connectivity index (χ1) is 6.49. The van der Waals surface area contributed by atoms with Gasteiger partial charge in [-0.05, 0) is 12.1 Å². The first-order valence-corrected chi connectivity index (χ1v) is 2.87. The lowest BCUT2D eigenvalue weighted by molar-refractivity contribution is 0.0597. The van der Waals surface area contributed by atoms with Gasteiger partial charge in [0.15, 0.2) is 0 Å². The van der Waals surface area contributed by atoms with E-state index in [0.29, 0.717) is 0 Å². The van der Waals surface area contributed by atoms with Crippen LogP contribution in [-0.2, 0) is 4.74 Å². The van der Waals surface area contributed by atoms with E-state index < -0.39 is 23.8 Å². The van der Waals surface area contributed by atoms with E-state index in [1.807, 2.05) is 0 Å². The lowest BCUT2D eigenvalue weighted by Crippen LogP contribution is -2.00. The van der Waals surface area contributed by atoms with Crippen molar-refractivity contribution < 1.29 is 18.8 Å². The molecule has 3 heteroatoms. The molecule has 0 spiro atoms. The van der Waals surface area contributed by atoms with Crippen LogP contribution in [0, 0.1) is 0 Å². The summed E-state index contributed by atoms with van der Waals surface area (Å²) in [6.45, 7) is 0. The fraction of sp³-hybridized carbons (Fsp3) is 0.125. The monoisotopic (exact) mass is 155 g/mol. The summed E-state index contributed by atoms with van der Waals surface area (Å²) in [5.74, 6) is -1.46. The van der Waals surface area contributed by atoms with E-state index in [9.17, 15) is 9.90 Å². The Morgan fingerprint density at radius 1 is 1.73 bits per heavy atom. The molecule has 1 aromatic carbocycles. The highest BCUT2D eigenvalue weighted by atomic mass is 16.5.